The second-order valence-electron chi connectivity index (χ2n) is 5.39. The third-order valence-electron chi connectivity index (χ3n) is 4.02. The summed E-state index contributed by atoms with van der Waals surface area (Å²) >= 11 is 5.84. The molecule has 0 radical (unpaired) electrons. The van der Waals surface area contributed by atoms with E-state index < -0.39 is 17.9 Å². The summed E-state index contributed by atoms with van der Waals surface area (Å²) in [5.74, 6) is -0.555. The number of carbonyl (C=O) groups excluding carboxylic acids is 1. The van der Waals surface area contributed by atoms with Gasteiger partial charge in [-0.05, 0) is 35.7 Å². The van der Waals surface area contributed by atoms with Gasteiger partial charge in [0, 0.05) is 11.6 Å². The van der Waals surface area contributed by atoms with Crippen LogP contribution >= 0.6 is 11.6 Å². The van der Waals surface area contributed by atoms with Crippen LogP contribution in [-0.4, -0.2) is 29.2 Å². The number of carbonyl (C=O) groups is 1. The minimum absolute atomic E-state index is 0.0260. The molecule has 2 N–H and O–H groups in total. The molecule has 23 heavy (non-hydrogen) atoms. The van der Waals surface area contributed by atoms with Crippen molar-refractivity contribution in [1.82, 2.24) is 4.90 Å². The second kappa shape index (κ2) is 6.56. The number of hydrogen-bond acceptors (Lipinski definition) is 2. The summed E-state index contributed by atoms with van der Waals surface area (Å²) in [6, 6.07) is 10.8. The number of aliphatic hydroxyl groups is 1. The Morgan fingerprint density at radius 1 is 1.35 bits per heavy atom. The Kier molecular flexibility index (Phi) is 4.50. The summed E-state index contributed by atoms with van der Waals surface area (Å²) < 4.78 is 13.8. The number of amides is 2. The van der Waals surface area contributed by atoms with Gasteiger partial charge in [-0.2, -0.15) is 0 Å². The van der Waals surface area contributed by atoms with Crippen molar-refractivity contribution in [3.8, 4) is 0 Å². The van der Waals surface area contributed by atoms with Crippen molar-refractivity contribution in [3.63, 3.8) is 0 Å². The smallest absolute Gasteiger partial charge is 0.322 e. The fourth-order valence-electron chi connectivity index (χ4n) is 2.87. The standard InChI is InChI=1S/C17H16ClFN2O2/c18-12-5-6-14(19)15(9-12)20-17(23)21-8-7-11-3-1-2-4-13(11)16(21)10-22/h1-6,9,16,22H,7-8,10H2,(H,20,23). The lowest BCUT2D eigenvalue weighted by Gasteiger charge is -2.36. The molecule has 4 nitrogen and oxygen atoms in total. The predicted octanol–water partition coefficient (Wildman–Crippen LogP) is 3.60. The third kappa shape index (κ3) is 3.16. The Morgan fingerprint density at radius 3 is 2.91 bits per heavy atom. The number of hydrogen-bond donors (Lipinski definition) is 2. The highest BCUT2D eigenvalue weighted by Gasteiger charge is 2.30. The molecule has 120 valence electrons. The van der Waals surface area contributed by atoms with E-state index in [1.165, 1.54) is 23.1 Å². The normalized spacial score (nSPS) is 16.8. The molecule has 0 saturated carbocycles. The van der Waals surface area contributed by atoms with Gasteiger partial charge in [-0.15, -0.1) is 0 Å². The SMILES string of the molecule is O=C(Nc1cc(Cl)ccc1F)N1CCc2ccccc2C1CO. The topological polar surface area (TPSA) is 52.6 Å². The highest BCUT2D eigenvalue weighted by Crippen LogP contribution is 2.30. The molecule has 2 amide bonds. The largest absolute Gasteiger partial charge is 0.394 e. The van der Waals surface area contributed by atoms with Crippen molar-refractivity contribution >= 4 is 23.3 Å². The average molecular weight is 335 g/mol. The average Bonchev–Trinajstić information content (AvgIpc) is 2.57. The first-order valence-corrected chi connectivity index (χ1v) is 7.69. The van der Waals surface area contributed by atoms with Crippen molar-refractivity contribution in [2.24, 2.45) is 0 Å². The number of rotatable bonds is 2. The maximum atomic E-state index is 13.8. The monoisotopic (exact) mass is 334 g/mol. The van der Waals surface area contributed by atoms with Crippen LogP contribution in [0.1, 0.15) is 17.2 Å². The molecular weight excluding hydrogens is 319 g/mol. The molecule has 1 unspecified atom stereocenters. The van der Waals surface area contributed by atoms with E-state index in [0.29, 0.717) is 18.0 Å². The zero-order valence-electron chi connectivity index (χ0n) is 12.3. The summed E-state index contributed by atoms with van der Waals surface area (Å²) in [6.45, 7) is 0.263. The molecule has 0 aliphatic carbocycles. The third-order valence-corrected chi connectivity index (χ3v) is 4.25. The predicted molar refractivity (Wildman–Crippen MR) is 87.1 cm³/mol. The Labute approximate surface area is 138 Å². The molecule has 2 aromatic rings. The van der Waals surface area contributed by atoms with Crippen LogP contribution in [0.2, 0.25) is 5.02 Å². The first-order chi connectivity index (χ1) is 11.1. The van der Waals surface area contributed by atoms with Crippen molar-refractivity contribution in [3.05, 3.63) is 64.4 Å². The first kappa shape index (κ1) is 15.8. The number of benzene rings is 2. The molecular formula is C17H16ClFN2O2. The molecule has 0 aromatic heterocycles. The number of aliphatic hydroxyl groups excluding tert-OH is 1. The van der Waals surface area contributed by atoms with E-state index in [9.17, 15) is 14.3 Å². The number of urea groups is 1. The number of nitrogens with one attached hydrogen (secondary N) is 1. The van der Waals surface area contributed by atoms with Gasteiger partial charge in [-0.1, -0.05) is 35.9 Å². The Hall–Kier alpha value is -2.11. The van der Waals surface area contributed by atoms with Crippen molar-refractivity contribution in [2.45, 2.75) is 12.5 Å². The summed E-state index contributed by atoms with van der Waals surface area (Å²) in [4.78, 5) is 14.0. The van der Waals surface area contributed by atoms with Crippen LogP contribution in [0.4, 0.5) is 14.9 Å². The van der Waals surface area contributed by atoms with Crippen molar-refractivity contribution in [2.75, 3.05) is 18.5 Å². The lowest BCUT2D eigenvalue weighted by Crippen LogP contribution is -2.44. The number of anilines is 1. The quantitative estimate of drug-likeness (QED) is 0.881. The van der Waals surface area contributed by atoms with E-state index in [2.05, 4.69) is 5.32 Å². The molecule has 0 spiro atoms. The van der Waals surface area contributed by atoms with Gasteiger partial charge in [0.25, 0.3) is 0 Å². The van der Waals surface area contributed by atoms with Gasteiger partial charge in [-0.25, -0.2) is 9.18 Å². The van der Waals surface area contributed by atoms with Gasteiger partial charge in [0.15, 0.2) is 0 Å². The minimum Gasteiger partial charge on any atom is -0.394 e. The first-order valence-electron chi connectivity index (χ1n) is 7.31. The Bertz CT molecular complexity index is 738. The maximum absolute atomic E-state index is 13.8. The van der Waals surface area contributed by atoms with Crippen LogP contribution in [0.3, 0.4) is 0 Å². The number of fused-ring (bicyclic) bond motifs is 1. The van der Waals surface area contributed by atoms with Crippen LogP contribution in [-0.2, 0) is 6.42 Å². The molecule has 0 fully saturated rings. The van der Waals surface area contributed by atoms with E-state index in [4.69, 9.17) is 11.6 Å². The Morgan fingerprint density at radius 2 is 2.13 bits per heavy atom. The molecule has 1 aliphatic heterocycles. The zero-order valence-corrected chi connectivity index (χ0v) is 13.1. The van der Waals surface area contributed by atoms with E-state index in [-0.39, 0.29) is 12.3 Å². The molecule has 0 saturated heterocycles. The maximum Gasteiger partial charge on any atom is 0.322 e. The van der Waals surface area contributed by atoms with Crippen LogP contribution < -0.4 is 5.32 Å². The van der Waals surface area contributed by atoms with Gasteiger partial charge in [0.1, 0.15) is 5.82 Å². The van der Waals surface area contributed by atoms with Gasteiger partial charge in [0.05, 0.1) is 18.3 Å². The van der Waals surface area contributed by atoms with E-state index in [0.717, 1.165) is 11.1 Å². The molecule has 6 heteroatoms. The summed E-state index contributed by atoms with van der Waals surface area (Å²) in [5, 5.41) is 12.6. The van der Waals surface area contributed by atoms with Crippen molar-refractivity contribution in [1.29, 1.82) is 0 Å². The van der Waals surface area contributed by atoms with E-state index in [1.54, 1.807) is 0 Å². The fraction of sp³-hybridized carbons (Fsp3) is 0.235. The molecule has 1 atom stereocenters. The highest BCUT2D eigenvalue weighted by atomic mass is 35.5. The van der Waals surface area contributed by atoms with Gasteiger partial charge in [-0.3, -0.25) is 0 Å². The molecule has 1 heterocycles. The highest BCUT2D eigenvalue weighted by molar-refractivity contribution is 6.30. The van der Waals surface area contributed by atoms with Crippen LogP contribution in [0, 0.1) is 5.82 Å². The van der Waals surface area contributed by atoms with Gasteiger partial charge in [0.2, 0.25) is 0 Å². The van der Waals surface area contributed by atoms with E-state index in [1.807, 2.05) is 24.3 Å². The summed E-state index contributed by atoms with van der Waals surface area (Å²) in [7, 11) is 0. The molecule has 0 bridgehead atoms. The summed E-state index contributed by atoms with van der Waals surface area (Å²) in [5.41, 5.74) is 2.06. The zero-order chi connectivity index (χ0) is 16.4. The minimum atomic E-state index is -0.555. The van der Waals surface area contributed by atoms with Crippen molar-refractivity contribution < 1.29 is 14.3 Å². The number of nitrogens with zero attached hydrogens (tertiary/aromatic N) is 1. The summed E-state index contributed by atoms with van der Waals surface area (Å²) in [6.07, 6.45) is 0.693. The van der Waals surface area contributed by atoms with Crippen LogP contribution in [0.25, 0.3) is 0 Å². The molecule has 2 aromatic carbocycles. The lowest BCUT2D eigenvalue weighted by molar-refractivity contribution is 0.135. The second-order valence-corrected chi connectivity index (χ2v) is 5.83. The Balaban J connectivity index is 1.84. The fourth-order valence-corrected chi connectivity index (χ4v) is 3.04. The lowest BCUT2D eigenvalue weighted by atomic mass is 9.93. The van der Waals surface area contributed by atoms with Gasteiger partial charge >= 0.3 is 6.03 Å². The molecule has 1 aliphatic rings. The number of halogens is 2. The van der Waals surface area contributed by atoms with Gasteiger partial charge < -0.3 is 15.3 Å². The van der Waals surface area contributed by atoms with E-state index >= 15 is 0 Å². The van der Waals surface area contributed by atoms with Crippen LogP contribution in [0.15, 0.2) is 42.5 Å². The molecule has 3 rings (SSSR count). The van der Waals surface area contributed by atoms with Crippen LogP contribution in [0.5, 0.6) is 0 Å².